The Kier molecular flexibility index (Phi) is 7.96. The first-order valence-corrected chi connectivity index (χ1v) is 10.1. The van der Waals surface area contributed by atoms with E-state index >= 15 is 0 Å². The van der Waals surface area contributed by atoms with Gasteiger partial charge in [-0.1, -0.05) is 17.3 Å². The fraction of sp³-hybridized carbons (Fsp3) is 0.350. The molecule has 3 aromatic rings. The molecule has 2 atom stereocenters. The average molecular weight is 520 g/mol. The maximum Gasteiger partial charge on any atom is 0.490 e. The van der Waals surface area contributed by atoms with Crippen LogP contribution in [0.2, 0.25) is 0 Å². The number of carboxylic acid groups (broad SMARTS) is 1. The molecule has 1 aliphatic heterocycles. The van der Waals surface area contributed by atoms with Crippen LogP contribution >= 0.6 is 0 Å². The number of carboxylic acids is 1. The molecule has 0 saturated carbocycles. The van der Waals surface area contributed by atoms with Crippen molar-refractivity contribution in [1.82, 2.24) is 30.6 Å². The molecular formula is C20H18F6N6O4. The van der Waals surface area contributed by atoms with E-state index in [4.69, 9.17) is 14.3 Å². The summed E-state index contributed by atoms with van der Waals surface area (Å²) in [4.78, 5) is 25.2. The summed E-state index contributed by atoms with van der Waals surface area (Å²) in [6, 6.07) is 4.67. The summed E-state index contributed by atoms with van der Waals surface area (Å²) >= 11 is 0. The number of halogens is 6. The van der Waals surface area contributed by atoms with Crippen LogP contribution in [0.4, 0.5) is 26.3 Å². The van der Waals surface area contributed by atoms with Crippen LogP contribution in [0.15, 0.2) is 47.3 Å². The third-order valence-corrected chi connectivity index (χ3v) is 4.85. The third kappa shape index (κ3) is 7.27. The van der Waals surface area contributed by atoms with Gasteiger partial charge < -0.3 is 20.2 Å². The predicted octanol–water partition coefficient (Wildman–Crippen LogP) is 2.75. The van der Waals surface area contributed by atoms with E-state index in [0.717, 1.165) is 12.1 Å². The van der Waals surface area contributed by atoms with Gasteiger partial charge in [0, 0.05) is 30.4 Å². The molecule has 36 heavy (non-hydrogen) atoms. The molecular weight excluding hydrogens is 502 g/mol. The van der Waals surface area contributed by atoms with E-state index in [9.17, 15) is 31.1 Å². The van der Waals surface area contributed by atoms with Crippen molar-refractivity contribution >= 4 is 11.9 Å². The standard InChI is InChI=1S/C18H17F3N6O2.C2HF3O2/c19-18(20,21)12-3-1-2-11(6-12)15-9-23-17(29-15)16(28)25-13-7-14(22-8-13)10-27-5-4-24-26-27;3-2(4,5)1(6)7/h1-6,9,13-14,22H,7-8,10H2,(H,25,28);(H,6,7)/t13-,14+;/m1./s1. The molecule has 10 nitrogen and oxygen atoms in total. The number of aliphatic carboxylic acids is 1. The zero-order chi connectivity index (χ0) is 26.5. The molecule has 194 valence electrons. The second kappa shape index (κ2) is 10.8. The molecule has 1 fully saturated rings. The first kappa shape index (κ1) is 26.7. The molecule has 1 amide bonds. The van der Waals surface area contributed by atoms with Gasteiger partial charge in [0.15, 0.2) is 5.76 Å². The topological polar surface area (TPSA) is 135 Å². The normalized spacial score (nSPS) is 17.8. The van der Waals surface area contributed by atoms with Crippen LogP contribution < -0.4 is 10.6 Å². The van der Waals surface area contributed by atoms with Crippen LogP contribution in [-0.2, 0) is 17.5 Å². The molecule has 16 heteroatoms. The third-order valence-electron chi connectivity index (χ3n) is 4.85. The Morgan fingerprint density at radius 2 is 1.94 bits per heavy atom. The molecule has 2 aromatic heterocycles. The van der Waals surface area contributed by atoms with Crippen molar-refractivity contribution in [3.05, 3.63) is 54.3 Å². The Balaban J connectivity index is 0.000000454. The Labute approximate surface area is 198 Å². The van der Waals surface area contributed by atoms with Crippen molar-refractivity contribution in [3.8, 4) is 11.3 Å². The Hall–Kier alpha value is -3.95. The summed E-state index contributed by atoms with van der Waals surface area (Å²) in [6.45, 7) is 1.21. The van der Waals surface area contributed by atoms with E-state index in [2.05, 4.69) is 25.9 Å². The van der Waals surface area contributed by atoms with Crippen LogP contribution in [-0.4, -0.2) is 61.8 Å². The van der Waals surface area contributed by atoms with Crippen molar-refractivity contribution in [3.63, 3.8) is 0 Å². The molecule has 3 heterocycles. The quantitative estimate of drug-likeness (QED) is 0.437. The Morgan fingerprint density at radius 1 is 1.22 bits per heavy atom. The van der Waals surface area contributed by atoms with E-state index in [1.165, 1.54) is 18.3 Å². The highest BCUT2D eigenvalue weighted by Gasteiger charge is 2.38. The number of nitrogens with one attached hydrogen (secondary N) is 2. The molecule has 3 N–H and O–H groups in total. The van der Waals surface area contributed by atoms with E-state index in [1.54, 1.807) is 17.1 Å². The number of alkyl halides is 6. The molecule has 0 aliphatic carbocycles. The van der Waals surface area contributed by atoms with E-state index < -0.39 is 29.8 Å². The number of benzene rings is 1. The van der Waals surface area contributed by atoms with Crippen LogP contribution in [0.25, 0.3) is 11.3 Å². The van der Waals surface area contributed by atoms with E-state index in [1.807, 2.05) is 0 Å². The van der Waals surface area contributed by atoms with E-state index in [0.29, 0.717) is 19.5 Å². The minimum atomic E-state index is -5.08. The maximum atomic E-state index is 12.9. The lowest BCUT2D eigenvalue weighted by Gasteiger charge is -2.11. The first-order valence-electron chi connectivity index (χ1n) is 10.1. The number of amides is 1. The molecule has 0 unspecified atom stereocenters. The van der Waals surface area contributed by atoms with Gasteiger partial charge in [0.05, 0.1) is 24.5 Å². The van der Waals surface area contributed by atoms with Crippen molar-refractivity contribution in [2.24, 2.45) is 0 Å². The number of hydrogen-bond acceptors (Lipinski definition) is 7. The van der Waals surface area contributed by atoms with Gasteiger partial charge in [-0.2, -0.15) is 26.3 Å². The van der Waals surface area contributed by atoms with Gasteiger partial charge in [-0.15, -0.1) is 5.10 Å². The van der Waals surface area contributed by atoms with Crippen LogP contribution in [0.3, 0.4) is 0 Å². The van der Waals surface area contributed by atoms with Crippen molar-refractivity contribution in [1.29, 1.82) is 0 Å². The predicted molar refractivity (Wildman–Crippen MR) is 108 cm³/mol. The second-order valence-electron chi connectivity index (χ2n) is 7.55. The van der Waals surface area contributed by atoms with Gasteiger partial charge in [-0.25, -0.2) is 9.78 Å². The lowest BCUT2D eigenvalue weighted by molar-refractivity contribution is -0.192. The fourth-order valence-corrected chi connectivity index (χ4v) is 3.23. The molecule has 0 spiro atoms. The summed E-state index contributed by atoms with van der Waals surface area (Å²) < 4.78 is 77.4. The van der Waals surface area contributed by atoms with Gasteiger partial charge >= 0.3 is 24.2 Å². The zero-order valence-electron chi connectivity index (χ0n) is 18.0. The number of hydrogen-bond donors (Lipinski definition) is 3. The van der Waals surface area contributed by atoms with E-state index in [-0.39, 0.29) is 29.3 Å². The maximum absolute atomic E-state index is 12.9. The van der Waals surface area contributed by atoms with Crippen LogP contribution in [0.1, 0.15) is 22.7 Å². The number of nitrogens with zero attached hydrogens (tertiary/aromatic N) is 4. The van der Waals surface area contributed by atoms with Crippen LogP contribution in [0.5, 0.6) is 0 Å². The van der Waals surface area contributed by atoms with Gasteiger partial charge in [-0.3, -0.25) is 9.48 Å². The summed E-state index contributed by atoms with van der Waals surface area (Å²) in [5.41, 5.74) is -0.602. The van der Waals surface area contributed by atoms with Gasteiger partial charge in [0.1, 0.15) is 0 Å². The number of carbonyl (C=O) groups is 2. The molecule has 0 radical (unpaired) electrons. The van der Waals surface area contributed by atoms with Gasteiger partial charge in [0.25, 0.3) is 5.89 Å². The minimum Gasteiger partial charge on any atom is -0.475 e. The second-order valence-corrected chi connectivity index (χ2v) is 7.55. The molecule has 4 rings (SSSR count). The summed E-state index contributed by atoms with van der Waals surface area (Å²) in [7, 11) is 0. The Bertz CT molecular complexity index is 1180. The number of oxazole rings is 1. The lowest BCUT2D eigenvalue weighted by Crippen LogP contribution is -2.36. The highest BCUT2D eigenvalue weighted by atomic mass is 19.4. The van der Waals surface area contributed by atoms with Crippen molar-refractivity contribution < 1.29 is 45.5 Å². The minimum absolute atomic E-state index is 0.0925. The number of aromatic nitrogens is 4. The highest BCUT2D eigenvalue weighted by Crippen LogP contribution is 2.32. The zero-order valence-corrected chi connectivity index (χ0v) is 18.0. The Morgan fingerprint density at radius 3 is 2.56 bits per heavy atom. The highest BCUT2D eigenvalue weighted by molar-refractivity contribution is 5.90. The summed E-state index contributed by atoms with van der Waals surface area (Å²) in [5.74, 6) is -3.38. The molecule has 1 saturated heterocycles. The number of carbonyl (C=O) groups excluding carboxylic acids is 1. The van der Waals surface area contributed by atoms with Gasteiger partial charge in [-0.05, 0) is 18.6 Å². The summed E-state index contributed by atoms with van der Waals surface area (Å²) in [6.07, 6.45) is -4.26. The lowest BCUT2D eigenvalue weighted by atomic mass is 10.1. The average Bonchev–Trinajstić information content (AvgIpc) is 3.56. The summed E-state index contributed by atoms with van der Waals surface area (Å²) in [5, 5.41) is 20.9. The first-order chi connectivity index (χ1) is 16.8. The molecule has 1 aliphatic rings. The molecule has 0 bridgehead atoms. The monoisotopic (exact) mass is 520 g/mol. The largest absolute Gasteiger partial charge is 0.490 e. The molecule has 1 aromatic carbocycles. The number of rotatable bonds is 5. The SMILES string of the molecule is O=C(N[C@H]1CN[C@H](Cn2ccnn2)C1)c1ncc(-c2cccc(C(F)(F)F)c2)o1.O=C(O)C(F)(F)F. The van der Waals surface area contributed by atoms with Gasteiger partial charge in [0.2, 0.25) is 0 Å². The fourth-order valence-electron chi connectivity index (χ4n) is 3.23. The smallest absolute Gasteiger partial charge is 0.475 e. The van der Waals surface area contributed by atoms with Crippen LogP contribution in [0, 0.1) is 0 Å². The van der Waals surface area contributed by atoms with Crippen molar-refractivity contribution in [2.75, 3.05) is 6.54 Å². The van der Waals surface area contributed by atoms with Crippen molar-refractivity contribution in [2.45, 2.75) is 37.4 Å².